The first-order chi connectivity index (χ1) is 8.90. The third-order valence-corrected chi connectivity index (χ3v) is 5.56. The fourth-order valence-corrected chi connectivity index (χ4v) is 3.68. The van der Waals surface area contributed by atoms with Crippen LogP contribution in [0.15, 0.2) is 16.4 Å². The summed E-state index contributed by atoms with van der Waals surface area (Å²) in [6.45, 7) is 9.63. The van der Waals surface area contributed by atoms with E-state index in [-0.39, 0.29) is 10.8 Å². The summed E-state index contributed by atoms with van der Waals surface area (Å²) in [7, 11) is 0. The number of thioether (sulfide) groups is 1. The number of aryl methyl sites for hydroxylation is 2. The van der Waals surface area contributed by atoms with Crippen LogP contribution in [-0.4, -0.2) is 15.7 Å². The Hall–Kier alpha value is -0.780. The molecule has 6 heteroatoms. The zero-order valence-corrected chi connectivity index (χ0v) is 13.4. The van der Waals surface area contributed by atoms with E-state index < -0.39 is 0 Å². The van der Waals surface area contributed by atoms with E-state index in [1.165, 1.54) is 0 Å². The van der Waals surface area contributed by atoms with Crippen molar-refractivity contribution in [2.45, 2.75) is 26.0 Å². The molecule has 2 aromatic rings. The molecule has 2 heterocycles. The van der Waals surface area contributed by atoms with E-state index in [1.54, 1.807) is 23.1 Å². The average molecular weight is 315 g/mol. The number of rotatable bonds is 4. The van der Waals surface area contributed by atoms with E-state index in [1.807, 2.05) is 20.8 Å². The van der Waals surface area contributed by atoms with E-state index in [9.17, 15) is 4.79 Å². The lowest BCUT2D eigenvalue weighted by molar-refractivity contribution is 0.926. The van der Waals surface area contributed by atoms with Gasteiger partial charge in [0.15, 0.2) is 0 Å². The molecule has 1 N–H and O–H groups in total. The molecule has 2 rings (SSSR count). The molecule has 0 radical (unpaired) electrons. The number of halogens is 1. The maximum atomic E-state index is 12.1. The number of aromatic amines is 1. The average Bonchev–Trinajstić information content (AvgIpc) is 2.62. The number of hydrogen-bond donors (Lipinski definition) is 1. The molecule has 0 aromatic carbocycles. The van der Waals surface area contributed by atoms with Gasteiger partial charge in [-0.2, -0.15) is 0 Å². The van der Waals surface area contributed by atoms with E-state index in [4.69, 9.17) is 11.6 Å². The number of nitrogens with zero attached hydrogens (tertiary/aromatic N) is 1. The second-order valence-corrected chi connectivity index (χ2v) is 7.45. The number of H-pyrrole nitrogens is 1. The second kappa shape index (κ2) is 5.69. The Balaban J connectivity index is 2.41. The molecule has 0 aliphatic rings. The first-order valence-corrected chi connectivity index (χ1v) is 8.09. The quantitative estimate of drug-likeness (QED) is 0.922. The predicted octanol–water partition coefficient (Wildman–Crippen LogP) is 4.15. The standard InChI is InChI=1S/C13H15ClN2OS2/c1-6(14)5-18-9(4)11-15-12(17)10-7(2)8(3)19-13(10)16-11/h9H,1,5H2,2-4H3,(H,15,16,17). The fraction of sp³-hybridized carbons (Fsp3) is 0.385. The van der Waals surface area contributed by atoms with Crippen molar-refractivity contribution >= 4 is 44.9 Å². The van der Waals surface area contributed by atoms with Gasteiger partial charge >= 0.3 is 0 Å². The Morgan fingerprint density at radius 2 is 2.26 bits per heavy atom. The van der Waals surface area contributed by atoms with Gasteiger partial charge in [-0.25, -0.2) is 4.98 Å². The molecule has 0 saturated heterocycles. The Morgan fingerprint density at radius 1 is 1.58 bits per heavy atom. The van der Waals surface area contributed by atoms with Crippen molar-refractivity contribution in [2.24, 2.45) is 0 Å². The van der Waals surface area contributed by atoms with E-state index in [2.05, 4.69) is 16.5 Å². The summed E-state index contributed by atoms with van der Waals surface area (Å²) in [4.78, 5) is 21.5. The van der Waals surface area contributed by atoms with Crippen LogP contribution in [0.4, 0.5) is 0 Å². The number of aromatic nitrogens is 2. The molecule has 0 aliphatic heterocycles. The summed E-state index contributed by atoms with van der Waals surface area (Å²) in [5, 5.41) is 1.39. The van der Waals surface area contributed by atoms with Gasteiger partial charge in [0.05, 0.1) is 10.6 Å². The van der Waals surface area contributed by atoms with Gasteiger partial charge in [-0.05, 0) is 26.3 Å². The Labute approximate surface area is 125 Å². The number of hydrogen-bond acceptors (Lipinski definition) is 4. The molecule has 19 heavy (non-hydrogen) atoms. The lowest BCUT2D eigenvalue weighted by Gasteiger charge is -2.09. The Morgan fingerprint density at radius 3 is 2.89 bits per heavy atom. The van der Waals surface area contributed by atoms with Crippen molar-refractivity contribution in [3.8, 4) is 0 Å². The van der Waals surface area contributed by atoms with Crippen molar-refractivity contribution in [3.05, 3.63) is 38.2 Å². The molecule has 2 aromatic heterocycles. The van der Waals surface area contributed by atoms with E-state index in [0.717, 1.165) is 15.3 Å². The SMILES string of the molecule is C=C(Cl)CSC(C)c1nc2sc(C)c(C)c2c(=O)[nH]1. The van der Waals surface area contributed by atoms with Crippen molar-refractivity contribution < 1.29 is 0 Å². The molecule has 0 amide bonds. The molecule has 0 spiro atoms. The van der Waals surface area contributed by atoms with Gasteiger partial charge in [-0.3, -0.25) is 4.79 Å². The van der Waals surface area contributed by atoms with Crippen LogP contribution >= 0.6 is 34.7 Å². The minimum absolute atomic E-state index is 0.0565. The van der Waals surface area contributed by atoms with Crippen molar-refractivity contribution in [2.75, 3.05) is 5.75 Å². The highest BCUT2D eigenvalue weighted by molar-refractivity contribution is 7.99. The molecule has 0 fully saturated rings. The fourth-order valence-electron chi connectivity index (χ4n) is 1.76. The van der Waals surface area contributed by atoms with Gasteiger partial charge in [-0.15, -0.1) is 23.1 Å². The number of fused-ring (bicyclic) bond motifs is 1. The maximum absolute atomic E-state index is 12.1. The molecule has 1 atom stereocenters. The Bertz CT molecular complexity index is 690. The zero-order valence-electron chi connectivity index (χ0n) is 11.0. The summed E-state index contributed by atoms with van der Waals surface area (Å²) < 4.78 is 0. The van der Waals surface area contributed by atoms with Crippen molar-refractivity contribution in [1.82, 2.24) is 9.97 Å². The molecule has 0 bridgehead atoms. The number of thiophene rings is 1. The molecular weight excluding hydrogens is 300 g/mol. The van der Waals surface area contributed by atoms with Gasteiger partial charge in [0.1, 0.15) is 10.7 Å². The maximum Gasteiger partial charge on any atom is 0.259 e. The summed E-state index contributed by atoms with van der Waals surface area (Å²) in [5.74, 6) is 1.34. The Kier molecular flexibility index (Phi) is 4.38. The summed E-state index contributed by atoms with van der Waals surface area (Å²) in [5.41, 5.74) is 0.966. The molecule has 102 valence electrons. The third kappa shape index (κ3) is 3.04. The van der Waals surface area contributed by atoms with Crippen LogP contribution in [-0.2, 0) is 0 Å². The molecule has 3 nitrogen and oxygen atoms in total. The van der Waals surface area contributed by atoms with Crippen LogP contribution < -0.4 is 5.56 Å². The lowest BCUT2D eigenvalue weighted by Crippen LogP contribution is -2.12. The first kappa shape index (κ1) is 14.6. The highest BCUT2D eigenvalue weighted by Gasteiger charge is 2.15. The van der Waals surface area contributed by atoms with Crippen LogP contribution in [0.5, 0.6) is 0 Å². The third-order valence-electron chi connectivity index (χ3n) is 2.93. The second-order valence-electron chi connectivity index (χ2n) is 4.39. The topological polar surface area (TPSA) is 45.8 Å². The van der Waals surface area contributed by atoms with Gasteiger partial charge in [-0.1, -0.05) is 18.2 Å². The van der Waals surface area contributed by atoms with Crippen LogP contribution in [0.25, 0.3) is 10.2 Å². The minimum atomic E-state index is -0.0565. The van der Waals surface area contributed by atoms with Crippen LogP contribution in [0.1, 0.15) is 28.4 Å². The monoisotopic (exact) mass is 314 g/mol. The molecular formula is C13H15ClN2OS2. The molecule has 0 saturated carbocycles. The highest BCUT2D eigenvalue weighted by atomic mass is 35.5. The van der Waals surface area contributed by atoms with Crippen molar-refractivity contribution in [3.63, 3.8) is 0 Å². The van der Waals surface area contributed by atoms with E-state index in [0.29, 0.717) is 22.0 Å². The largest absolute Gasteiger partial charge is 0.309 e. The molecule has 1 unspecified atom stereocenters. The van der Waals surface area contributed by atoms with Crippen LogP contribution in [0.3, 0.4) is 0 Å². The van der Waals surface area contributed by atoms with Gasteiger partial charge in [0, 0.05) is 15.7 Å². The zero-order chi connectivity index (χ0) is 14.2. The first-order valence-electron chi connectivity index (χ1n) is 5.85. The predicted molar refractivity (Wildman–Crippen MR) is 85.6 cm³/mol. The molecule has 0 aliphatic carbocycles. The normalized spacial score (nSPS) is 12.8. The van der Waals surface area contributed by atoms with Gasteiger partial charge in [0.2, 0.25) is 0 Å². The van der Waals surface area contributed by atoms with Crippen LogP contribution in [0, 0.1) is 13.8 Å². The highest BCUT2D eigenvalue weighted by Crippen LogP contribution is 2.30. The van der Waals surface area contributed by atoms with Crippen LogP contribution in [0.2, 0.25) is 0 Å². The minimum Gasteiger partial charge on any atom is -0.309 e. The van der Waals surface area contributed by atoms with Gasteiger partial charge < -0.3 is 4.98 Å². The van der Waals surface area contributed by atoms with Crippen molar-refractivity contribution in [1.29, 1.82) is 0 Å². The smallest absolute Gasteiger partial charge is 0.259 e. The van der Waals surface area contributed by atoms with E-state index >= 15 is 0 Å². The summed E-state index contributed by atoms with van der Waals surface area (Å²) in [6, 6.07) is 0. The lowest BCUT2D eigenvalue weighted by atomic mass is 10.2. The van der Waals surface area contributed by atoms with Gasteiger partial charge in [0.25, 0.3) is 5.56 Å². The number of nitrogens with one attached hydrogen (secondary N) is 1. The summed E-state index contributed by atoms with van der Waals surface area (Å²) in [6.07, 6.45) is 0. The summed E-state index contributed by atoms with van der Waals surface area (Å²) >= 11 is 8.93.